The van der Waals surface area contributed by atoms with E-state index < -0.39 is 0 Å². The Morgan fingerprint density at radius 2 is 1.92 bits per heavy atom. The quantitative estimate of drug-likeness (QED) is 0.772. The first-order valence-electron chi connectivity index (χ1n) is 7.90. The summed E-state index contributed by atoms with van der Waals surface area (Å²) in [5, 5.41) is 3.30. The van der Waals surface area contributed by atoms with E-state index in [1.54, 1.807) is 6.20 Å². The van der Waals surface area contributed by atoms with E-state index in [2.05, 4.69) is 39.9 Å². The van der Waals surface area contributed by atoms with Crippen molar-refractivity contribution in [3.8, 4) is 6.01 Å². The number of aromatic nitrogens is 2. The molecule has 5 N–H and O–H groups in total. The van der Waals surface area contributed by atoms with Crippen molar-refractivity contribution in [1.29, 1.82) is 0 Å². The van der Waals surface area contributed by atoms with Gasteiger partial charge in [-0.05, 0) is 37.6 Å². The molecular weight excluding hydrogens is 340 g/mol. The fourth-order valence-electron chi connectivity index (χ4n) is 2.59. The number of piperidine rings is 1. The molecule has 0 unspecified atom stereocenters. The Hall–Kier alpha value is -1.87. The summed E-state index contributed by atoms with van der Waals surface area (Å²) in [6.45, 7) is 2.78. The van der Waals surface area contributed by atoms with Gasteiger partial charge in [0.05, 0.1) is 0 Å². The third-order valence-corrected chi connectivity index (χ3v) is 4.46. The molecule has 2 heterocycles. The molecule has 1 aromatic carbocycles. The second-order valence-corrected chi connectivity index (χ2v) is 6.31. The van der Waals surface area contributed by atoms with Crippen molar-refractivity contribution in [1.82, 2.24) is 14.9 Å². The lowest BCUT2D eigenvalue weighted by Crippen LogP contribution is -2.35. The number of benzene rings is 1. The van der Waals surface area contributed by atoms with E-state index in [0.29, 0.717) is 12.6 Å². The first-order valence-corrected chi connectivity index (χ1v) is 8.34. The Morgan fingerprint density at radius 3 is 2.64 bits per heavy atom. The van der Waals surface area contributed by atoms with Gasteiger partial charge in [0, 0.05) is 30.7 Å². The summed E-state index contributed by atoms with van der Waals surface area (Å²) < 4.78 is 5.92. The van der Waals surface area contributed by atoms with E-state index in [1.807, 2.05) is 30.3 Å². The summed E-state index contributed by atoms with van der Waals surface area (Å²) in [5.41, 5.74) is 1.13. The first-order chi connectivity index (χ1) is 11.2. The molecule has 0 spiro atoms. The van der Waals surface area contributed by atoms with Gasteiger partial charge < -0.3 is 25.9 Å². The fourth-order valence-corrected chi connectivity index (χ4v) is 2.83. The van der Waals surface area contributed by atoms with Gasteiger partial charge in [-0.25, -0.2) is 4.98 Å². The molecule has 0 bridgehead atoms. The lowest BCUT2D eigenvalue weighted by Gasteiger charge is -2.28. The molecule has 1 aromatic heterocycles. The van der Waals surface area contributed by atoms with E-state index in [4.69, 9.17) is 4.74 Å². The van der Waals surface area contributed by atoms with Crippen LogP contribution in [0.2, 0.25) is 0 Å². The maximum Gasteiger partial charge on any atom is 0.318 e. The molecule has 0 radical (unpaired) electrons. The van der Waals surface area contributed by atoms with Crippen LogP contribution in [0.4, 0.5) is 5.82 Å². The molecule has 8 heteroatoms. The van der Waals surface area contributed by atoms with Gasteiger partial charge in [-0.1, -0.05) is 18.2 Å². The fraction of sp³-hybridized carbons (Fsp3) is 0.412. The molecule has 25 heavy (non-hydrogen) atoms. The van der Waals surface area contributed by atoms with Crippen molar-refractivity contribution in [2.75, 3.05) is 25.5 Å². The Balaban J connectivity index is 0.00000156. The van der Waals surface area contributed by atoms with Crippen molar-refractivity contribution < 1.29 is 15.7 Å². The van der Waals surface area contributed by atoms with Crippen molar-refractivity contribution in [3.63, 3.8) is 0 Å². The number of hydrogen-bond acceptors (Lipinski definition) is 6. The number of likely N-dealkylation sites (tertiary alicyclic amines) is 1. The average molecular weight is 366 g/mol. The average Bonchev–Trinajstić information content (AvgIpc) is 2.57. The predicted octanol–water partition coefficient (Wildman–Crippen LogP) is 1.20. The van der Waals surface area contributed by atoms with Crippen LogP contribution in [0, 0.1) is 0 Å². The second-order valence-electron chi connectivity index (χ2n) is 5.83. The van der Waals surface area contributed by atoms with Gasteiger partial charge in [0.25, 0.3) is 0 Å². The van der Waals surface area contributed by atoms with Gasteiger partial charge in [-0.2, -0.15) is 4.98 Å². The topological polar surface area (TPSA) is 113 Å². The van der Waals surface area contributed by atoms with Crippen molar-refractivity contribution in [2.45, 2.75) is 30.4 Å². The molecule has 3 rings (SSSR count). The van der Waals surface area contributed by atoms with E-state index in [0.717, 1.165) is 42.2 Å². The van der Waals surface area contributed by atoms with Gasteiger partial charge >= 0.3 is 6.01 Å². The van der Waals surface area contributed by atoms with E-state index >= 15 is 0 Å². The summed E-state index contributed by atoms with van der Waals surface area (Å²) >= 11 is 4.46. The Bertz CT molecular complexity index is 651. The van der Waals surface area contributed by atoms with Crippen LogP contribution in [0.3, 0.4) is 0 Å². The molecule has 1 saturated heterocycles. The molecule has 1 aliphatic heterocycles. The largest absolute Gasteiger partial charge is 0.460 e. The number of thiol groups is 1. The summed E-state index contributed by atoms with van der Waals surface area (Å²) in [6, 6.07) is 10.3. The summed E-state index contributed by atoms with van der Waals surface area (Å²) in [4.78, 5) is 12.0. The van der Waals surface area contributed by atoms with Gasteiger partial charge in [-0.15, -0.1) is 12.6 Å². The van der Waals surface area contributed by atoms with Gasteiger partial charge in [0.1, 0.15) is 11.9 Å². The highest BCUT2D eigenvalue weighted by molar-refractivity contribution is 7.80. The highest BCUT2D eigenvalue weighted by Crippen LogP contribution is 2.18. The van der Waals surface area contributed by atoms with Crippen molar-refractivity contribution >= 4 is 18.4 Å². The molecule has 2 aromatic rings. The van der Waals surface area contributed by atoms with Gasteiger partial charge in [-0.3, -0.25) is 0 Å². The number of anilines is 1. The Labute approximate surface area is 153 Å². The smallest absolute Gasteiger partial charge is 0.318 e. The molecule has 0 aliphatic carbocycles. The Kier molecular flexibility index (Phi) is 8.64. The highest BCUT2D eigenvalue weighted by atomic mass is 32.1. The zero-order valence-electron chi connectivity index (χ0n) is 14.3. The molecule has 0 amide bonds. The molecule has 1 fully saturated rings. The van der Waals surface area contributed by atoms with Crippen LogP contribution < -0.4 is 10.1 Å². The zero-order valence-corrected chi connectivity index (χ0v) is 15.2. The van der Waals surface area contributed by atoms with Crippen LogP contribution in [0.25, 0.3) is 0 Å². The molecule has 138 valence electrons. The first kappa shape index (κ1) is 21.2. The second kappa shape index (κ2) is 10.2. The number of rotatable bonds is 5. The van der Waals surface area contributed by atoms with E-state index in [1.165, 1.54) is 0 Å². The zero-order chi connectivity index (χ0) is 16.1. The van der Waals surface area contributed by atoms with Crippen LogP contribution in [-0.2, 0) is 6.54 Å². The van der Waals surface area contributed by atoms with Crippen molar-refractivity contribution in [2.24, 2.45) is 0 Å². The van der Waals surface area contributed by atoms with Crippen LogP contribution >= 0.6 is 12.6 Å². The minimum atomic E-state index is 0. The summed E-state index contributed by atoms with van der Waals surface area (Å²) in [5.74, 6) is 0.763. The summed E-state index contributed by atoms with van der Waals surface area (Å²) in [6.07, 6.45) is 3.97. The minimum Gasteiger partial charge on any atom is -0.460 e. The van der Waals surface area contributed by atoms with Crippen LogP contribution in [0.15, 0.2) is 41.4 Å². The lowest BCUT2D eigenvalue weighted by molar-refractivity contribution is 0.105. The van der Waals surface area contributed by atoms with Crippen LogP contribution in [-0.4, -0.2) is 52.1 Å². The van der Waals surface area contributed by atoms with Crippen molar-refractivity contribution in [3.05, 3.63) is 42.1 Å². The highest BCUT2D eigenvalue weighted by Gasteiger charge is 2.19. The van der Waals surface area contributed by atoms with E-state index in [9.17, 15) is 0 Å². The van der Waals surface area contributed by atoms with Gasteiger partial charge in [0.15, 0.2) is 0 Å². The number of nitrogens with one attached hydrogen (secondary N) is 1. The monoisotopic (exact) mass is 366 g/mol. The third-order valence-electron chi connectivity index (χ3n) is 4.02. The predicted molar refractivity (Wildman–Crippen MR) is 101 cm³/mol. The molecule has 0 atom stereocenters. The molecule has 1 aliphatic rings. The van der Waals surface area contributed by atoms with Crippen LogP contribution in [0.1, 0.15) is 18.4 Å². The SMILES string of the molecule is CN1CCC(Oc2nccc(NCc3ccccc3S)n2)CC1.O.O. The molecule has 7 nitrogen and oxygen atoms in total. The normalized spacial score (nSPS) is 15.0. The molecule has 0 saturated carbocycles. The number of ether oxygens (including phenoxy) is 1. The lowest BCUT2D eigenvalue weighted by atomic mass is 10.1. The maximum absolute atomic E-state index is 5.92. The Morgan fingerprint density at radius 1 is 1.20 bits per heavy atom. The summed E-state index contributed by atoms with van der Waals surface area (Å²) in [7, 11) is 2.14. The van der Waals surface area contributed by atoms with Gasteiger partial charge in [0.2, 0.25) is 0 Å². The van der Waals surface area contributed by atoms with E-state index in [-0.39, 0.29) is 17.1 Å². The number of nitrogens with zero attached hydrogens (tertiary/aromatic N) is 3. The standard InChI is InChI=1S/C17H22N4OS.2H2O/c1-21-10-7-14(8-11-21)22-17-18-9-6-16(20-17)19-12-13-4-2-3-5-15(13)23;;/h2-6,9,14,23H,7-8,10-12H2,1H3,(H,18,19,20);2*1H2. The third kappa shape index (κ3) is 6.17. The maximum atomic E-state index is 5.92. The van der Waals surface area contributed by atoms with Crippen LogP contribution in [0.5, 0.6) is 6.01 Å². The molecular formula is C17H26N4O3S. The number of hydrogen-bond donors (Lipinski definition) is 2. The minimum absolute atomic E-state index is 0.